The molecular formula is C13H19BrN4O2. The van der Waals surface area contributed by atoms with E-state index in [4.69, 9.17) is 0 Å². The number of nitrogens with zero attached hydrogens (tertiary/aromatic N) is 2. The van der Waals surface area contributed by atoms with Crippen molar-refractivity contribution in [2.75, 3.05) is 11.9 Å². The molecular weight excluding hydrogens is 324 g/mol. The highest BCUT2D eigenvalue weighted by Gasteiger charge is 2.08. The lowest BCUT2D eigenvalue weighted by molar-refractivity contribution is -0.121. The first-order chi connectivity index (χ1) is 9.45. The van der Waals surface area contributed by atoms with Crippen LogP contribution in [0.25, 0.3) is 0 Å². The fourth-order valence-corrected chi connectivity index (χ4v) is 1.99. The summed E-state index contributed by atoms with van der Waals surface area (Å²) in [4.78, 5) is 23.4. The van der Waals surface area contributed by atoms with E-state index in [1.54, 1.807) is 12.3 Å². The van der Waals surface area contributed by atoms with Crippen LogP contribution in [0.2, 0.25) is 0 Å². The Labute approximate surface area is 126 Å². The van der Waals surface area contributed by atoms with Crippen molar-refractivity contribution in [3.05, 3.63) is 33.7 Å². The molecule has 1 amide bonds. The van der Waals surface area contributed by atoms with Crippen LogP contribution in [0.4, 0.5) is 5.69 Å². The number of hydrogen-bond donors (Lipinski definition) is 2. The Hall–Kier alpha value is -1.63. The van der Waals surface area contributed by atoms with Crippen molar-refractivity contribution in [3.63, 3.8) is 0 Å². The van der Waals surface area contributed by atoms with Crippen molar-refractivity contribution < 1.29 is 4.79 Å². The summed E-state index contributed by atoms with van der Waals surface area (Å²) in [5.41, 5.74) is 0.342. The number of amides is 1. The molecule has 0 saturated carbocycles. The van der Waals surface area contributed by atoms with Crippen molar-refractivity contribution in [3.8, 4) is 0 Å². The first kappa shape index (κ1) is 16.4. The molecule has 0 bridgehead atoms. The van der Waals surface area contributed by atoms with Gasteiger partial charge >= 0.3 is 0 Å². The molecule has 1 heterocycles. The molecule has 0 aromatic carbocycles. The lowest BCUT2D eigenvalue weighted by Gasteiger charge is -2.11. The zero-order valence-corrected chi connectivity index (χ0v) is 13.2. The van der Waals surface area contributed by atoms with Gasteiger partial charge in [-0.2, -0.15) is 5.10 Å². The van der Waals surface area contributed by atoms with Crippen LogP contribution in [-0.4, -0.2) is 28.3 Å². The first-order valence-electron chi connectivity index (χ1n) is 6.35. The number of rotatable bonds is 7. The van der Waals surface area contributed by atoms with Gasteiger partial charge in [-0.3, -0.25) is 9.59 Å². The van der Waals surface area contributed by atoms with Gasteiger partial charge in [0.25, 0.3) is 5.56 Å². The van der Waals surface area contributed by atoms with E-state index in [0.29, 0.717) is 29.7 Å². The summed E-state index contributed by atoms with van der Waals surface area (Å²) in [5, 5.41) is 9.83. The van der Waals surface area contributed by atoms with Gasteiger partial charge in [0.15, 0.2) is 0 Å². The van der Waals surface area contributed by atoms with Gasteiger partial charge in [0.05, 0.1) is 18.4 Å². The van der Waals surface area contributed by atoms with Gasteiger partial charge in [-0.25, -0.2) is 4.68 Å². The van der Waals surface area contributed by atoms with E-state index in [0.717, 1.165) is 0 Å². The monoisotopic (exact) mass is 342 g/mol. The Morgan fingerprint density at radius 1 is 1.60 bits per heavy atom. The van der Waals surface area contributed by atoms with E-state index in [1.165, 1.54) is 4.68 Å². The summed E-state index contributed by atoms with van der Waals surface area (Å²) in [5.74, 6) is -0.0309. The number of nitrogens with one attached hydrogen (secondary N) is 2. The van der Waals surface area contributed by atoms with Crippen LogP contribution in [0.1, 0.15) is 20.3 Å². The maximum atomic E-state index is 11.9. The highest BCUT2D eigenvalue weighted by Crippen LogP contribution is 2.15. The van der Waals surface area contributed by atoms with E-state index in [1.807, 2.05) is 13.8 Å². The molecule has 0 fully saturated rings. The molecule has 0 saturated heterocycles. The van der Waals surface area contributed by atoms with Crippen LogP contribution in [0.5, 0.6) is 0 Å². The van der Waals surface area contributed by atoms with Crippen LogP contribution in [-0.2, 0) is 11.3 Å². The van der Waals surface area contributed by atoms with Crippen molar-refractivity contribution in [1.29, 1.82) is 0 Å². The average Bonchev–Trinajstić information content (AvgIpc) is 2.37. The third-order valence-electron chi connectivity index (χ3n) is 2.40. The molecule has 2 N–H and O–H groups in total. The summed E-state index contributed by atoms with van der Waals surface area (Å²) in [6.07, 6.45) is 3.49. The fraction of sp³-hybridized carbons (Fsp3) is 0.462. The summed E-state index contributed by atoms with van der Waals surface area (Å²) >= 11 is 3.24. The fourth-order valence-electron chi connectivity index (χ4n) is 1.55. The Morgan fingerprint density at radius 3 is 2.90 bits per heavy atom. The van der Waals surface area contributed by atoms with Crippen LogP contribution in [0.3, 0.4) is 0 Å². The highest BCUT2D eigenvalue weighted by atomic mass is 79.9. The van der Waals surface area contributed by atoms with Crippen molar-refractivity contribution in [2.24, 2.45) is 0 Å². The number of halogens is 1. The second-order valence-corrected chi connectivity index (χ2v) is 5.34. The van der Waals surface area contributed by atoms with E-state index in [2.05, 4.69) is 38.2 Å². The number of hydrogen-bond acceptors (Lipinski definition) is 4. The van der Waals surface area contributed by atoms with Crippen molar-refractivity contribution >= 4 is 27.5 Å². The zero-order chi connectivity index (χ0) is 15.1. The normalized spacial score (nSPS) is 10.4. The summed E-state index contributed by atoms with van der Waals surface area (Å²) < 4.78 is 1.70. The third kappa shape index (κ3) is 4.80. The molecule has 20 heavy (non-hydrogen) atoms. The van der Waals surface area contributed by atoms with Gasteiger partial charge in [0, 0.05) is 19.0 Å². The molecule has 1 rings (SSSR count). The number of carbonyl (C=O) groups excluding carboxylic acids is 1. The molecule has 0 unspecified atom stereocenters. The lowest BCUT2D eigenvalue weighted by atomic mass is 10.3. The van der Waals surface area contributed by atoms with Gasteiger partial charge in [0.2, 0.25) is 5.91 Å². The van der Waals surface area contributed by atoms with Gasteiger partial charge in [0.1, 0.15) is 4.47 Å². The van der Waals surface area contributed by atoms with Gasteiger partial charge < -0.3 is 10.6 Å². The minimum absolute atomic E-state index is 0.0309. The largest absolute Gasteiger partial charge is 0.382 e. The molecule has 0 spiro atoms. The Balaban J connectivity index is 2.61. The molecule has 1 aromatic rings. The average molecular weight is 343 g/mol. The van der Waals surface area contributed by atoms with Gasteiger partial charge in [-0.05, 0) is 29.8 Å². The Kier molecular flexibility index (Phi) is 6.44. The molecule has 110 valence electrons. The van der Waals surface area contributed by atoms with Crippen LogP contribution >= 0.6 is 15.9 Å². The van der Waals surface area contributed by atoms with Gasteiger partial charge in [-0.1, -0.05) is 6.08 Å². The molecule has 7 heteroatoms. The Bertz CT molecular complexity index is 540. The summed E-state index contributed by atoms with van der Waals surface area (Å²) in [6, 6.07) is 0.124. The van der Waals surface area contributed by atoms with Gasteiger partial charge in [-0.15, -0.1) is 6.58 Å². The summed E-state index contributed by atoms with van der Waals surface area (Å²) in [7, 11) is 0. The molecule has 6 nitrogen and oxygen atoms in total. The quantitative estimate of drug-likeness (QED) is 0.736. The number of aromatic nitrogens is 2. The summed E-state index contributed by atoms with van der Waals surface area (Å²) in [6.45, 7) is 8.17. The second kappa shape index (κ2) is 7.84. The number of allylic oxidation sites excluding steroid dienone is 1. The van der Waals surface area contributed by atoms with Crippen molar-refractivity contribution in [2.45, 2.75) is 32.9 Å². The topological polar surface area (TPSA) is 76.0 Å². The SMILES string of the molecule is C=CCn1ncc(NCCC(=O)NC(C)C)c(Br)c1=O. The maximum absolute atomic E-state index is 11.9. The molecule has 0 atom stereocenters. The molecule has 0 radical (unpaired) electrons. The second-order valence-electron chi connectivity index (χ2n) is 4.55. The molecule has 1 aromatic heterocycles. The predicted molar refractivity (Wildman–Crippen MR) is 82.8 cm³/mol. The molecule has 0 aliphatic carbocycles. The van der Waals surface area contributed by atoms with Crippen LogP contribution in [0.15, 0.2) is 28.1 Å². The van der Waals surface area contributed by atoms with Crippen LogP contribution in [0, 0.1) is 0 Å². The first-order valence-corrected chi connectivity index (χ1v) is 7.14. The van der Waals surface area contributed by atoms with Crippen molar-refractivity contribution in [1.82, 2.24) is 15.1 Å². The minimum atomic E-state index is -0.235. The lowest BCUT2D eigenvalue weighted by Crippen LogP contribution is -2.31. The zero-order valence-electron chi connectivity index (χ0n) is 11.6. The third-order valence-corrected chi connectivity index (χ3v) is 3.17. The smallest absolute Gasteiger partial charge is 0.283 e. The number of anilines is 1. The van der Waals surface area contributed by atoms with E-state index >= 15 is 0 Å². The van der Waals surface area contributed by atoms with Crippen LogP contribution < -0.4 is 16.2 Å². The predicted octanol–water partition coefficient (Wildman–Crippen LogP) is 1.52. The minimum Gasteiger partial charge on any atom is -0.382 e. The maximum Gasteiger partial charge on any atom is 0.283 e. The van der Waals surface area contributed by atoms with E-state index < -0.39 is 0 Å². The standard InChI is InChI=1S/C13H19BrN4O2/c1-4-7-18-13(20)12(14)10(8-16-18)15-6-5-11(19)17-9(2)3/h4,8-9,15H,1,5-7H2,2-3H3,(H,17,19). The number of carbonyl (C=O) groups is 1. The Morgan fingerprint density at radius 2 is 2.30 bits per heavy atom. The highest BCUT2D eigenvalue weighted by molar-refractivity contribution is 9.10. The molecule has 0 aliphatic heterocycles. The van der Waals surface area contributed by atoms with E-state index in [-0.39, 0.29) is 17.5 Å². The van der Waals surface area contributed by atoms with E-state index in [9.17, 15) is 9.59 Å². The molecule has 0 aliphatic rings.